The zero-order chi connectivity index (χ0) is 19.4. The highest BCUT2D eigenvalue weighted by molar-refractivity contribution is 5.94. The molecule has 2 aromatic rings. The minimum Gasteiger partial charge on any atom is -0.369 e. The van der Waals surface area contributed by atoms with Crippen molar-refractivity contribution in [3.63, 3.8) is 0 Å². The van der Waals surface area contributed by atoms with Crippen molar-refractivity contribution in [2.75, 3.05) is 45.2 Å². The van der Waals surface area contributed by atoms with Crippen molar-refractivity contribution >= 4 is 11.6 Å². The molecule has 27 heavy (non-hydrogen) atoms. The van der Waals surface area contributed by atoms with Crippen LogP contribution in [0.1, 0.15) is 35.9 Å². The number of aromatic nitrogens is 2. The second-order valence-electron chi connectivity index (χ2n) is 7.70. The molecule has 0 radical (unpaired) electrons. The maximum Gasteiger partial charge on any atom is 0.254 e. The Morgan fingerprint density at radius 2 is 1.85 bits per heavy atom. The highest BCUT2D eigenvalue weighted by atomic mass is 16.5. The van der Waals surface area contributed by atoms with Gasteiger partial charge in [-0.2, -0.15) is 4.98 Å². The Morgan fingerprint density at radius 1 is 1.19 bits per heavy atom. The number of piperazine rings is 1. The summed E-state index contributed by atoms with van der Waals surface area (Å²) >= 11 is 0. The molecule has 0 atom stereocenters. The zero-order valence-electron chi connectivity index (χ0n) is 16.7. The van der Waals surface area contributed by atoms with Gasteiger partial charge < -0.3 is 19.2 Å². The molecular formula is C20H29N5O2. The summed E-state index contributed by atoms with van der Waals surface area (Å²) in [5.41, 5.74) is 1.83. The van der Waals surface area contributed by atoms with E-state index in [2.05, 4.69) is 40.8 Å². The third kappa shape index (κ3) is 5.07. The van der Waals surface area contributed by atoms with Gasteiger partial charge in [-0.15, -0.1) is 0 Å². The number of carbonyl (C=O) groups excluding carboxylic acids is 1. The molecule has 7 heteroatoms. The van der Waals surface area contributed by atoms with Crippen molar-refractivity contribution in [1.82, 2.24) is 19.9 Å². The summed E-state index contributed by atoms with van der Waals surface area (Å²) in [7, 11) is 3.90. The van der Waals surface area contributed by atoms with Crippen molar-refractivity contribution in [2.45, 2.75) is 26.8 Å². The molecule has 1 amide bonds. The van der Waals surface area contributed by atoms with Crippen LogP contribution in [0.15, 0.2) is 28.8 Å². The van der Waals surface area contributed by atoms with E-state index in [0.29, 0.717) is 29.7 Å². The predicted octanol–water partition coefficient (Wildman–Crippen LogP) is 2.29. The molecule has 146 valence electrons. The van der Waals surface area contributed by atoms with E-state index in [1.165, 1.54) is 5.69 Å². The number of anilines is 1. The zero-order valence-corrected chi connectivity index (χ0v) is 16.7. The molecule has 0 aliphatic carbocycles. The fourth-order valence-electron chi connectivity index (χ4n) is 3.17. The number of hydrogen-bond donors (Lipinski definition) is 0. The van der Waals surface area contributed by atoms with E-state index in [-0.39, 0.29) is 5.91 Å². The van der Waals surface area contributed by atoms with Crippen molar-refractivity contribution in [2.24, 2.45) is 5.92 Å². The Bertz CT molecular complexity index is 748. The topological polar surface area (TPSA) is 65.7 Å². The highest BCUT2D eigenvalue weighted by Gasteiger charge is 2.18. The monoisotopic (exact) mass is 371 g/mol. The predicted molar refractivity (Wildman–Crippen MR) is 105 cm³/mol. The summed E-state index contributed by atoms with van der Waals surface area (Å²) in [4.78, 5) is 23.4. The quantitative estimate of drug-likeness (QED) is 0.776. The largest absolute Gasteiger partial charge is 0.369 e. The summed E-state index contributed by atoms with van der Waals surface area (Å²) < 4.78 is 5.24. The maximum absolute atomic E-state index is 12.7. The van der Waals surface area contributed by atoms with Gasteiger partial charge in [0.15, 0.2) is 5.82 Å². The smallest absolute Gasteiger partial charge is 0.254 e. The Labute approximate surface area is 160 Å². The average molecular weight is 371 g/mol. The van der Waals surface area contributed by atoms with Crippen LogP contribution < -0.4 is 4.90 Å². The SMILES string of the molecule is CC(C)Cc1nc(CN(C)C(=O)c2ccc(N3CCN(C)CC3)cc2)no1. The van der Waals surface area contributed by atoms with Crippen LogP contribution in [0, 0.1) is 5.92 Å². The van der Waals surface area contributed by atoms with E-state index < -0.39 is 0 Å². The molecule has 2 heterocycles. The third-order valence-electron chi connectivity index (χ3n) is 4.80. The molecule has 1 aromatic heterocycles. The lowest BCUT2D eigenvalue weighted by Gasteiger charge is -2.34. The first-order valence-electron chi connectivity index (χ1n) is 9.53. The van der Waals surface area contributed by atoms with Crippen molar-refractivity contribution in [1.29, 1.82) is 0 Å². The fraction of sp³-hybridized carbons (Fsp3) is 0.550. The van der Waals surface area contributed by atoms with E-state index in [1.54, 1.807) is 11.9 Å². The molecule has 3 rings (SSSR count). The minimum absolute atomic E-state index is 0.0462. The summed E-state index contributed by atoms with van der Waals surface area (Å²) in [5, 5.41) is 3.98. The lowest BCUT2D eigenvalue weighted by molar-refractivity contribution is 0.0780. The van der Waals surface area contributed by atoms with Crippen LogP contribution in [0.2, 0.25) is 0 Å². The molecule has 0 spiro atoms. The number of hydrogen-bond acceptors (Lipinski definition) is 6. The summed E-state index contributed by atoms with van der Waals surface area (Å²) in [6.07, 6.45) is 0.748. The maximum atomic E-state index is 12.7. The molecule has 1 aliphatic heterocycles. The van der Waals surface area contributed by atoms with Crippen molar-refractivity contribution in [3.05, 3.63) is 41.5 Å². The summed E-state index contributed by atoms with van der Waals surface area (Å²) in [6, 6.07) is 7.85. The number of likely N-dealkylation sites (N-methyl/N-ethyl adjacent to an activating group) is 1. The molecule has 7 nitrogen and oxygen atoms in total. The lowest BCUT2D eigenvalue weighted by Crippen LogP contribution is -2.44. The van der Waals surface area contributed by atoms with Gasteiger partial charge in [-0.3, -0.25) is 4.79 Å². The summed E-state index contributed by atoms with van der Waals surface area (Å²) in [6.45, 7) is 8.69. The number of carbonyl (C=O) groups is 1. The average Bonchev–Trinajstić information content (AvgIpc) is 3.08. The molecule has 0 N–H and O–H groups in total. The van der Waals surface area contributed by atoms with Gasteiger partial charge in [0.2, 0.25) is 5.89 Å². The first-order chi connectivity index (χ1) is 12.9. The number of amides is 1. The normalized spacial score (nSPS) is 15.4. The van der Waals surface area contributed by atoms with E-state index >= 15 is 0 Å². The van der Waals surface area contributed by atoms with Crippen LogP contribution in [0.4, 0.5) is 5.69 Å². The molecule has 0 saturated carbocycles. The van der Waals surface area contributed by atoms with Gasteiger partial charge in [0.1, 0.15) is 0 Å². The molecule has 1 aliphatic rings. The Hall–Kier alpha value is -2.41. The van der Waals surface area contributed by atoms with Crippen LogP contribution in [0.5, 0.6) is 0 Å². The Kier molecular flexibility index (Phi) is 6.11. The minimum atomic E-state index is -0.0462. The Balaban J connectivity index is 1.58. The van der Waals surface area contributed by atoms with E-state index in [4.69, 9.17) is 4.52 Å². The number of nitrogens with zero attached hydrogens (tertiary/aromatic N) is 5. The van der Waals surface area contributed by atoms with Crippen LogP contribution in [0.25, 0.3) is 0 Å². The lowest BCUT2D eigenvalue weighted by atomic mass is 10.1. The van der Waals surface area contributed by atoms with Crippen molar-refractivity contribution < 1.29 is 9.32 Å². The Morgan fingerprint density at radius 3 is 2.48 bits per heavy atom. The number of benzene rings is 1. The molecule has 1 aromatic carbocycles. The third-order valence-corrected chi connectivity index (χ3v) is 4.80. The molecule has 1 fully saturated rings. The first kappa shape index (κ1) is 19.4. The molecule has 1 saturated heterocycles. The number of rotatable bonds is 6. The van der Waals surface area contributed by atoms with Gasteiger partial charge in [-0.25, -0.2) is 0 Å². The van der Waals surface area contributed by atoms with Gasteiger partial charge in [0.25, 0.3) is 5.91 Å². The highest BCUT2D eigenvalue weighted by Crippen LogP contribution is 2.18. The van der Waals surface area contributed by atoms with Gasteiger partial charge in [0.05, 0.1) is 6.54 Å². The van der Waals surface area contributed by atoms with E-state index in [9.17, 15) is 4.79 Å². The van der Waals surface area contributed by atoms with E-state index in [0.717, 1.165) is 32.6 Å². The van der Waals surface area contributed by atoms with Crippen LogP contribution >= 0.6 is 0 Å². The fourth-order valence-corrected chi connectivity index (χ4v) is 3.17. The summed E-state index contributed by atoms with van der Waals surface area (Å²) in [5.74, 6) is 1.57. The van der Waals surface area contributed by atoms with Crippen LogP contribution in [-0.4, -0.2) is 66.1 Å². The second-order valence-corrected chi connectivity index (χ2v) is 7.70. The first-order valence-corrected chi connectivity index (χ1v) is 9.53. The standard InChI is InChI=1S/C20H29N5O2/c1-15(2)13-19-21-18(22-27-19)14-24(4)20(26)16-5-7-17(8-6-16)25-11-9-23(3)10-12-25/h5-8,15H,9-14H2,1-4H3. The van der Waals surface area contributed by atoms with Gasteiger partial charge in [-0.1, -0.05) is 19.0 Å². The molecule has 0 bridgehead atoms. The van der Waals surface area contributed by atoms with E-state index in [1.807, 2.05) is 24.3 Å². The van der Waals surface area contributed by atoms with Gasteiger partial charge >= 0.3 is 0 Å². The van der Waals surface area contributed by atoms with Crippen molar-refractivity contribution in [3.8, 4) is 0 Å². The molecule has 0 unspecified atom stereocenters. The second kappa shape index (κ2) is 8.52. The van der Waals surface area contributed by atoms with Crippen LogP contribution in [-0.2, 0) is 13.0 Å². The van der Waals surface area contributed by atoms with Gasteiger partial charge in [-0.05, 0) is 37.2 Å². The van der Waals surface area contributed by atoms with Gasteiger partial charge in [0, 0.05) is 50.9 Å². The molecular weight excluding hydrogens is 342 g/mol. The van der Waals surface area contributed by atoms with Crippen LogP contribution in [0.3, 0.4) is 0 Å².